The molecule has 0 saturated carbocycles. The molecule has 90 valence electrons. The smallest absolute Gasteiger partial charge is 0.312 e. The molecule has 0 aliphatic heterocycles. The Morgan fingerprint density at radius 3 is 2.71 bits per heavy atom. The first-order valence-electron chi connectivity index (χ1n) is 5.05. The molecule has 0 fully saturated rings. The van der Waals surface area contributed by atoms with Gasteiger partial charge in [0.05, 0.1) is 14.2 Å². The maximum atomic E-state index is 11.8. The monoisotopic (exact) mass is 235 g/mol. The van der Waals surface area contributed by atoms with E-state index in [4.69, 9.17) is 14.0 Å². The zero-order valence-electron chi connectivity index (χ0n) is 9.89. The van der Waals surface area contributed by atoms with Crippen molar-refractivity contribution in [3.8, 4) is 5.75 Å². The molecular weight excluding hydrogens is 222 g/mol. The molecule has 2 rings (SSSR count). The van der Waals surface area contributed by atoms with Crippen molar-refractivity contribution in [3.05, 3.63) is 30.0 Å². The average molecular weight is 235 g/mol. The van der Waals surface area contributed by atoms with Crippen LogP contribution in [0.4, 0.5) is 0 Å². The van der Waals surface area contributed by atoms with Gasteiger partial charge in [0.1, 0.15) is 11.3 Å². The van der Waals surface area contributed by atoms with Crippen LogP contribution in [0.15, 0.2) is 28.7 Å². The number of fused-ring (bicyclic) bond motifs is 1. The van der Waals surface area contributed by atoms with E-state index >= 15 is 0 Å². The van der Waals surface area contributed by atoms with Crippen molar-refractivity contribution < 1.29 is 18.8 Å². The van der Waals surface area contributed by atoms with Crippen LogP contribution in [0, 0.1) is 0 Å². The molecule has 0 aliphatic carbocycles. The standard InChI is InChI=1S/C12H13NO4/c1-13(16-3)12(14)11-6-8-4-5-9(15-2)7-10(8)17-11/h4-7H,1-3H3. The van der Waals surface area contributed by atoms with Crippen LogP contribution >= 0.6 is 0 Å². The molecule has 0 saturated heterocycles. The Bertz CT molecular complexity index is 546. The first kappa shape index (κ1) is 11.5. The third kappa shape index (κ3) is 2.09. The van der Waals surface area contributed by atoms with Crippen LogP contribution in [0.25, 0.3) is 11.0 Å². The number of hydroxylamine groups is 2. The molecule has 0 unspecified atom stereocenters. The van der Waals surface area contributed by atoms with Gasteiger partial charge in [-0.15, -0.1) is 0 Å². The summed E-state index contributed by atoms with van der Waals surface area (Å²) in [5.41, 5.74) is 0.609. The average Bonchev–Trinajstić information content (AvgIpc) is 2.79. The highest BCUT2D eigenvalue weighted by Gasteiger charge is 2.16. The van der Waals surface area contributed by atoms with Crippen LogP contribution in [0.5, 0.6) is 5.75 Å². The van der Waals surface area contributed by atoms with Crippen molar-refractivity contribution >= 4 is 16.9 Å². The normalized spacial score (nSPS) is 10.5. The van der Waals surface area contributed by atoms with Crippen LogP contribution < -0.4 is 4.74 Å². The van der Waals surface area contributed by atoms with Gasteiger partial charge in [0.15, 0.2) is 5.76 Å². The zero-order valence-corrected chi connectivity index (χ0v) is 9.89. The van der Waals surface area contributed by atoms with Crippen molar-refractivity contribution in [1.29, 1.82) is 0 Å². The number of carbonyl (C=O) groups excluding carboxylic acids is 1. The minimum Gasteiger partial charge on any atom is -0.497 e. The molecule has 0 radical (unpaired) electrons. The van der Waals surface area contributed by atoms with Gasteiger partial charge in [-0.05, 0) is 18.2 Å². The van der Waals surface area contributed by atoms with Gasteiger partial charge in [0.25, 0.3) is 0 Å². The molecular formula is C12H13NO4. The van der Waals surface area contributed by atoms with Crippen LogP contribution in [-0.4, -0.2) is 32.2 Å². The number of methoxy groups -OCH3 is 1. The Labute approximate surface area is 98.5 Å². The van der Waals surface area contributed by atoms with Gasteiger partial charge in [-0.25, -0.2) is 5.06 Å². The van der Waals surface area contributed by atoms with Gasteiger partial charge in [0.2, 0.25) is 0 Å². The molecule has 5 heteroatoms. The van der Waals surface area contributed by atoms with Crippen molar-refractivity contribution in [2.24, 2.45) is 0 Å². The summed E-state index contributed by atoms with van der Waals surface area (Å²) >= 11 is 0. The minimum absolute atomic E-state index is 0.234. The maximum absolute atomic E-state index is 11.8. The van der Waals surface area contributed by atoms with E-state index in [-0.39, 0.29) is 11.7 Å². The Balaban J connectivity index is 2.41. The third-order valence-electron chi connectivity index (χ3n) is 2.50. The van der Waals surface area contributed by atoms with Gasteiger partial charge in [0, 0.05) is 18.5 Å². The fourth-order valence-electron chi connectivity index (χ4n) is 1.48. The second kappa shape index (κ2) is 4.47. The number of furan rings is 1. The van der Waals surface area contributed by atoms with Crippen molar-refractivity contribution in [3.63, 3.8) is 0 Å². The second-order valence-electron chi connectivity index (χ2n) is 3.50. The van der Waals surface area contributed by atoms with Crippen LogP contribution in [0.3, 0.4) is 0 Å². The highest BCUT2D eigenvalue weighted by atomic mass is 16.7. The number of benzene rings is 1. The number of carbonyl (C=O) groups is 1. The molecule has 1 amide bonds. The molecule has 1 heterocycles. The predicted molar refractivity (Wildman–Crippen MR) is 61.9 cm³/mol. The molecule has 5 nitrogen and oxygen atoms in total. The minimum atomic E-state index is -0.331. The van der Waals surface area contributed by atoms with Gasteiger partial charge in [-0.2, -0.15) is 0 Å². The molecule has 17 heavy (non-hydrogen) atoms. The predicted octanol–water partition coefficient (Wildman–Crippen LogP) is 2.07. The van der Waals surface area contributed by atoms with Gasteiger partial charge in [-0.1, -0.05) is 0 Å². The highest BCUT2D eigenvalue weighted by Crippen LogP contribution is 2.24. The summed E-state index contributed by atoms with van der Waals surface area (Å²) in [6.07, 6.45) is 0. The van der Waals surface area contributed by atoms with Crippen LogP contribution in [0.2, 0.25) is 0 Å². The Morgan fingerprint density at radius 1 is 1.29 bits per heavy atom. The van der Waals surface area contributed by atoms with Crippen molar-refractivity contribution in [2.75, 3.05) is 21.3 Å². The first-order chi connectivity index (χ1) is 8.15. The van der Waals surface area contributed by atoms with E-state index in [0.717, 1.165) is 10.4 Å². The van der Waals surface area contributed by atoms with E-state index in [1.54, 1.807) is 19.2 Å². The van der Waals surface area contributed by atoms with Gasteiger partial charge < -0.3 is 9.15 Å². The fraction of sp³-hybridized carbons (Fsp3) is 0.250. The van der Waals surface area contributed by atoms with Crippen LogP contribution in [0.1, 0.15) is 10.6 Å². The van der Waals surface area contributed by atoms with Gasteiger partial charge in [-0.3, -0.25) is 9.63 Å². The van der Waals surface area contributed by atoms with E-state index < -0.39 is 0 Å². The van der Waals surface area contributed by atoms with E-state index in [0.29, 0.717) is 11.3 Å². The lowest BCUT2D eigenvalue weighted by atomic mass is 10.2. The largest absolute Gasteiger partial charge is 0.497 e. The zero-order chi connectivity index (χ0) is 12.4. The molecule has 0 N–H and O–H groups in total. The quantitative estimate of drug-likeness (QED) is 0.764. The molecule has 1 aromatic carbocycles. The molecule has 0 spiro atoms. The lowest BCUT2D eigenvalue weighted by Gasteiger charge is -2.10. The van der Waals surface area contributed by atoms with Gasteiger partial charge >= 0.3 is 5.91 Å². The molecule has 1 aromatic heterocycles. The van der Waals surface area contributed by atoms with E-state index in [9.17, 15) is 4.79 Å². The SMILES string of the molecule is COc1ccc2cc(C(=O)N(C)OC)oc2c1. The molecule has 0 atom stereocenters. The lowest BCUT2D eigenvalue weighted by molar-refractivity contribution is -0.0772. The Hall–Kier alpha value is -2.01. The molecule has 2 aromatic rings. The summed E-state index contributed by atoms with van der Waals surface area (Å²) in [5.74, 6) is 0.589. The number of amides is 1. The maximum Gasteiger partial charge on any atom is 0.312 e. The number of rotatable bonds is 3. The summed E-state index contributed by atoms with van der Waals surface area (Å²) in [5, 5.41) is 1.95. The van der Waals surface area contributed by atoms with Crippen molar-refractivity contribution in [1.82, 2.24) is 5.06 Å². The summed E-state index contributed by atoms with van der Waals surface area (Å²) in [6, 6.07) is 7.05. The first-order valence-corrected chi connectivity index (χ1v) is 5.05. The molecule has 0 aliphatic rings. The summed E-state index contributed by atoms with van der Waals surface area (Å²) in [6.45, 7) is 0. The topological polar surface area (TPSA) is 51.9 Å². The summed E-state index contributed by atoms with van der Waals surface area (Å²) < 4.78 is 10.5. The van der Waals surface area contributed by atoms with Crippen LogP contribution in [-0.2, 0) is 4.84 Å². The number of ether oxygens (including phenoxy) is 1. The van der Waals surface area contributed by atoms with E-state index in [1.165, 1.54) is 14.2 Å². The number of hydrogen-bond donors (Lipinski definition) is 0. The number of hydrogen-bond acceptors (Lipinski definition) is 4. The second-order valence-corrected chi connectivity index (χ2v) is 3.50. The van der Waals surface area contributed by atoms with E-state index in [1.807, 2.05) is 12.1 Å². The lowest BCUT2D eigenvalue weighted by Crippen LogP contribution is -2.24. The summed E-state index contributed by atoms with van der Waals surface area (Å²) in [7, 11) is 4.52. The summed E-state index contributed by atoms with van der Waals surface area (Å²) in [4.78, 5) is 16.6. The van der Waals surface area contributed by atoms with E-state index in [2.05, 4.69) is 0 Å². The Kier molecular flexibility index (Phi) is 3.01. The molecule has 0 bridgehead atoms. The third-order valence-corrected chi connectivity index (χ3v) is 2.50. The van der Waals surface area contributed by atoms with Crippen molar-refractivity contribution in [2.45, 2.75) is 0 Å². The highest BCUT2D eigenvalue weighted by molar-refractivity contribution is 5.95. The number of nitrogens with zero attached hydrogens (tertiary/aromatic N) is 1. The Morgan fingerprint density at radius 2 is 2.06 bits per heavy atom. The fourth-order valence-corrected chi connectivity index (χ4v) is 1.48.